The lowest BCUT2D eigenvalue weighted by Gasteiger charge is -2.17. The Labute approximate surface area is 114 Å². The summed E-state index contributed by atoms with van der Waals surface area (Å²) in [6.07, 6.45) is 1.47. The Kier molecular flexibility index (Phi) is 4.93. The van der Waals surface area contributed by atoms with Crippen LogP contribution in [0.5, 0.6) is 0 Å². The van der Waals surface area contributed by atoms with E-state index in [1.165, 1.54) is 5.56 Å². The number of benzene rings is 1. The zero-order valence-corrected chi connectivity index (χ0v) is 11.6. The van der Waals surface area contributed by atoms with Gasteiger partial charge in [0.25, 0.3) is 0 Å². The van der Waals surface area contributed by atoms with Gasteiger partial charge in [-0.1, -0.05) is 30.3 Å². The summed E-state index contributed by atoms with van der Waals surface area (Å²) < 4.78 is 0. The first-order valence-corrected chi connectivity index (χ1v) is 6.98. The summed E-state index contributed by atoms with van der Waals surface area (Å²) in [5.41, 5.74) is 7.61. The minimum atomic E-state index is 0.144. The first-order valence-electron chi connectivity index (χ1n) is 6.98. The molecule has 1 heterocycles. The van der Waals surface area contributed by atoms with Gasteiger partial charge in [0.2, 0.25) is 5.91 Å². The molecule has 2 atom stereocenters. The maximum atomic E-state index is 11.9. The van der Waals surface area contributed by atoms with Crippen molar-refractivity contribution in [1.82, 2.24) is 16.2 Å². The average Bonchev–Trinajstić information content (AvgIpc) is 2.72. The second kappa shape index (κ2) is 6.68. The number of hydrogen-bond donors (Lipinski definition) is 3. The van der Waals surface area contributed by atoms with E-state index in [4.69, 9.17) is 0 Å². The molecule has 1 aliphatic heterocycles. The summed E-state index contributed by atoms with van der Waals surface area (Å²) in [6.45, 7) is 4.93. The fourth-order valence-corrected chi connectivity index (χ4v) is 2.54. The van der Waals surface area contributed by atoms with E-state index in [2.05, 4.69) is 42.1 Å². The number of carbonyl (C=O) groups is 1. The summed E-state index contributed by atoms with van der Waals surface area (Å²) >= 11 is 0. The molecule has 2 rings (SSSR count). The van der Waals surface area contributed by atoms with Crippen molar-refractivity contribution in [3.05, 3.63) is 35.9 Å². The lowest BCUT2D eigenvalue weighted by Crippen LogP contribution is -2.33. The highest BCUT2D eigenvalue weighted by Gasteiger charge is 2.31. The van der Waals surface area contributed by atoms with E-state index in [0.717, 1.165) is 6.42 Å². The van der Waals surface area contributed by atoms with Crippen molar-refractivity contribution in [1.29, 1.82) is 0 Å². The van der Waals surface area contributed by atoms with Gasteiger partial charge in [-0.05, 0) is 25.8 Å². The Balaban J connectivity index is 1.70. The topological polar surface area (TPSA) is 53.2 Å². The minimum absolute atomic E-state index is 0.144. The molecule has 1 aromatic carbocycles. The molecule has 0 aliphatic carbocycles. The van der Waals surface area contributed by atoms with Gasteiger partial charge in [0, 0.05) is 31.0 Å². The number of carbonyl (C=O) groups excluding carboxylic acids is 1. The number of rotatable bonds is 5. The minimum Gasteiger partial charge on any atom is -0.356 e. The Morgan fingerprint density at radius 1 is 1.16 bits per heavy atom. The largest absolute Gasteiger partial charge is 0.356 e. The van der Waals surface area contributed by atoms with E-state index >= 15 is 0 Å². The SMILES string of the molecule is CC1NNC(C)C1CC(=O)NCCc1ccccc1. The number of amides is 1. The zero-order valence-electron chi connectivity index (χ0n) is 11.6. The van der Waals surface area contributed by atoms with Crippen LogP contribution in [0.2, 0.25) is 0 Å². The van der Waals surface area contributed by atoms with E-state index in [1.54, 1.807) is 0 Å². The van der Waals surface area contributed by atoms with Gasteiger partial charge in [-0.3, -0.25) is 15.6 Å². The van der Waals surface area contributed by atoms with Crippen molar-refractivity contribution < 1.29 is 4.79 Å². The van der Waals surface area contributed by atoms with E-state index in [-0.39, 0.29) is 5.91 Å². The third-order valence-corrected chi connectivity index (χ3v) is 3.82. The van der Waals surface area contributed by atoms with Gasteiger partial charge in [0.1, 0.15) is 0 Å². The standard InChI is InChI=1S/C15H23N3O/c1-11-14(12(2)18-17-11)10-15(19)16-9-8-13-6-4-3-5-7-13/h3-7,11-12,14,17-18H,8-10H2,1-2H3,(H,16,19). The predicted molar refractivity (Wildman–Crippen MR) is 76.5 cm³/mol. The van der Waals surface area contributed by atoms with E-state index in [1.807, 2.05) is 18.2 Å². The smallest absolute Gasteiger partial charge is 0.220 e. The summed E-state index contributed by atoms with van der Waals surface area (Å²) in [4.78, 5) is 11.9. The monoisotopic (exact) mass is 261 g/mol. The normalized spacial score (nSPS) is 26.3. The van der Waals surface area contributed by atoms with Crippen molar-refractivity contribution in [2.75, 3.05) is 6.54 Å². The van der Waals surface area contributed by atoms with Crippen molar-refractivity contribution in [2.24, 2.45) is 5.92 Å². The summed E-state index contributed by atoms with van der Waals surface area (Å²) in [5.74, 6) is 0.502. The molecule has 104 valence electrons. The molecule has 4 nitrogen and oxygen atoms in total. The second-order valence-electron chi connectivity index (χ2n) is 5.32. The molecule has 0 spiro atoms. The molecule has 2 unspecified atom stereocenters. The third kappa shape index (κ3) is 4.04. The average molecular weight is 261 g/mol. The van der Waals surface area contributed by atoms with Crippen molar-refractivity contribution in [3.63, 3.8) is 0 Å². The quantitative estimate of drug-likeness (QED) is 0.747. The van der Waals surface area contributed by atoms with Crippen LogP contribution < -0.4 is 16.2 Å². The van der Waals surface area contributed by atoms with E-state index < -0.39 is 0 Å². The van der Waals surface area contributed by atoms with Crippen LogP contribution in [0.3, 0.4) is 0 Å². The molecule has 1 saturated heterocycles. The lowest BCUT2D eigenvalue weighted by atomic mass is 9.93. The molecule has 0 radical (unpaired) electrons. The van der Waals surface area contributed by atoms with Gasteiger partial charge in [-0.2, -0.15) is 0 Å². The van der Waals surface area contributed by atoms with Gasteiger partial charge in [0.05, 0.1) is 0 Å². The molecule has 1 fully saturated rings. The van der Waals surface area contributed by atoms with Crippen LogP contribution in [0.25, 0.3) is 0 Å². The highest BCUT2D eigenvalue weighted by molar-refractivity contribution is 5.76. The fourth-order valence-electron chi connectivity index (χ4n) is 2.54. The summed E-state index contributed by atoms with van der Waals surface area (Å²) in [6, 6.07) is 10.9. The van der Waals surface area contributed by atoms with Gasteiger partial charge in [-0.15, -0.1) is 0 Å². The van der Waals surface area contributed by atoms with Gasteiger partial charge < -0.3 is 5.32 Å². The molecular formula is C15H23N3O. The molecule has 0 aromatic heterocycles. The second-order valence-corrected chi connectivity index (χ2v) is 5.32. The van der Waals surface area contributed by atoms with Crippen LogP contribution in [-0.2, 0) is 11.2 Å². The van der Waals surface area contributed by atoms with E-state index in [9.17, 15) is 4.79 Å². The number of nitrogens with one attached hydrogen (secondary N) is 3. The van der Waals surface area contributed by atoms with Crippen LogP contribution in [-0.4, -0.2) is 24.5 Å². The van der Waals surface area contributed by atoms with Crippen molar-refractivity contribution in [3.8, 4) is 0 Å². The van der Waals surface area contributed by atoms with Crippen LogP contribution in [0.4, 0.5) is 0 Å². The molecule has 4 heteroatoms. The van der Waals surface area contributed by atoms with Gasteiger partial charge in [0.15, 0.2) is 0 Å². The van der Waals surface area contributed by atoms with Crippen LogP contribution >= 0.6 is 0 Å². The Hall–Kier alpha value is -1.39. The molecule has 0 saturated carbocycles. The molecule has 3 N–H and O–H groups in total. The molecular weight excluding hydrogens is 238 g/mol. The molecule has 0 bridgehead atoms. The number of hydrazine groups is 1. The molecule has 1 amide bonds. The Morgan fingerprint density at radius 2 is 1.79 bits per heavy atom. The summed E-state index contributed by atoms with van der Waals surface area (Å²) in [7, 11) is 0. The maximum Gasteiger partial charge on any atom is 0.220 e. The highest BCUT2D eigenvalue weighted by atomic mass is 16.1. The van der Waals surface area contributed by atoms with Crippen molar-refractivity contribution >= 4 is 5.91 Å². The van der Waals surface area contributed by atoms with Gasteiger partial charge >= 0.3 is 0 Å². The number of hydrogen-bond acceptors (Lipinski definition) is 3. The molecule has 1 aromatic rings. The summed E-state index contributed by atoms with van der Waals surface area (Å²) in [5, 5.41) is 3.00. The van der Waals surface area contributed by atoms with E-state index in [0.29, 0.717) is 31.0 Å². The third-order valence-electron chi connectivity index (χ3n) is 3.82. The zero-order chi connectivity index (χ0) is 13.7. The first-order chi connectivity index (χ1) is 9.16. The maximum absolute atomic E-state index is 11.9. The lowest BCUT2D eigenvalue weighted by molar-refractivity contribution is -0.122. The Bertz CT molecular complexity index is 397. The van der Waals surface area contributed by atoms with Gasteiger partial charge in [-0.25, -0.2) is 0 Å². The van der Waals surface area contributed by atoms with Crippen molar-refractivity contribution in [2.45, 2.75) is 38.8 Å². The molecule has 19 heavy (non-hydrogen) atoms. The first kappa shape index (κ1) is 14.0. The van der Waals surface area contributed by atoms with Crippen LogP contribution in [0.15, 0.2) is 30.3 Å². The highest BCUT2D eigenvalue weighted by Crippen LogP contribution is 2.17. The molecule has 1 aliphatic rings. The predicted octanol–water partition coefficient (Wildman–Crippen LogP) is 1.24. The van der Waals surface area contributed by atoms with Crippen LogP contribution in [0.1, 0.15) is 25.8 Å². The Morgan fingerprint density at radius 3 is 2.42 bits per heavy atom. The van der Waals surface area contributed by atoms with Crippen LogP contribution in [0, 0.1) is 5.92 Å². The fraction of sp³-hybridized carbons (Fsp3) is 0.533.